The molecule has 1 rings (SSSR count). The minimum atomic E-state index is -0.114. The Morgan fingerprint density at radius 1 is 1.07 bits per heavy atom. The van der Waals surface area contributed by atoms with Crippen LogP contribution in [0.25, 0.3) is 0 Å². The third-order valence-corrected chi connectivity index (χ3v) is 3.20. The molecule has 90 valence electrons. The first-order chi connectivity index (χ1) is 6.62. The van der Waals surface area contributed by atoms with Gasteiger partial charge in [0.05, 0.1) is 6.10 Å². The second-order valence-corrected chi connectivity index (χ2v) is 7.07. The molecule has 0 spiro atoms. The lowest BCUT2D eigenvalue weighted by molar-refractivity contribution is 0.0246. The molecule has 1 heterocycles. The van der Waals surface area contributed by atoms with Gasteiger partial charge in [-0.2, -0.15) is 0 Å². The van der Waals surface area contributed by atoms with Gasteiger partial charge in [-0.25, -0.2) is 0 Å². The molecule has 1 saturated heterocycles. The fraction of sp³-hybridized carbons (Fsp3) is 1.00. The SMILES string of the molecule is CC(C)(C)C(N1CC[C@H](O)C1)C(C)(C)C. The topological polar surface area (TPSA) is 23.5 Å². The fourth-order valence-corrected chi connectivity index (χ4v) is 3.40. The molecule has 0 aromatic heterocycles. The van der Waals surface area contributed by atoms with Crippen LogP contribution >= 0.6 is 0 Å². The molecule has 2 heteroatoms. The average Bonchev–Trinajstić information content (AvgIpc) is 2.28. The smallest absolute Gasteiger partial charge is 0.0679 e. The number of nitrogens with zero attached hydrogens (tertiary/aromatic N) is 1. The van der Waals surface area contributed by atoms with E-state index in [9.17, 15) is 5.11 Å². The molecule has 0 aromatic carbocycles. The van der Waals surface area contributed by atoms with Crippen molar-refractivity contribution in [2.75, 3.05) is 13.1 Å². The molecular weight excluding hydrogens is 186 g/mol. The van der Waals surface area contributed by atoms with E-state index in [1.165, 1.54) is 0 Å². The third-order valence-electron chi connectivity index (χ3n) is 3.20. The monoisotopic (exact) mass is 213 g/mol. The second-order valence-electron chi connectivity index (χ2n) is 7.07. The summed E-state index contributed by atoms with van der Waals surface area (Å²) in [5.41, 5.74) is 0.532. The van der Waals surface area contributed by atoms with Crippen LogP contribution in [0.15, 0.2) is 0 Å². The summed E-state index contributed by atoms with van der Waals surface area (Å²) in [4.78, 5) is 2.46. The van der Waals surface area contributed by atoms with Crippen molar-refractivity contribution in [3.05, 3.63) is 0 Å². The first-order valence-electron chi connectivity index (χ1n) is 6.04. The van der Waals surface area contributed by atoms with E-state index in [-0.39, 0.29) is 16.9 Å². The molecule has 0 aliphatic carbocycles. The van der Waals surface area contributed by atoms with Crippen LogP contribution in [0.2, 0.25) is 0 Å². The van der Waals surface area contributed by atoms with Crippen molar-refractivity contribution in [1.29, 1.82) is 0 Å². The molecule has 0 unspecified atom stereocenters. The Labute approximate surface area is 94.7 Å². The maximum Gasteiger partial charge on any atom is 0.0679 e. The zero-order valence-electron chi connectivity index (χ0n) is 11.2. The normalized spacial score (nSPS) is 25.2. The summed E-state index contributed by atoms with van der Waals surface area (Å²) in [5, 5.41) is 9.64. The van der Waals surface area contributed by atoms with Crippen LogP contribution in [0.3, 0.4) is 0 Å². The lowest BCUT2D eigenvalue weighted by Gasteiger charge is -2.46. The lowest BCUT2D eigenvalue weighted by atomic mass is 9.71. The lowest BCUT2D eigenvalue weighted by Crippen LogP contribution is -2.51. The van der Waals surface area contributed by atoms with Gasteiger partial charge in [0.2, 0.25) is 0 Å². The van der Waals surface area contributed by atoms with Crippen LogP contribution in [-0.2, 0) is 0 Å². The Balaban J connectivity index is 2.83. The Kier molecular flexibility index (Phi) is 3.52. The second kappa shape index (κ2) is 4.06. The van der Waals surface area contributed by atoms with E-state index >= 15 is 0 Å². The van der Waals surface area contributed by atoms with Gasteiger partial charge < -0.3 is 5.11 Å². The summed E-state index contributed by atoms with van der Waals surface area (Å²) in [6.45, 7) is 15.7. The van der Waals surface area contributed by atoms with E-state index in [0.29, 0.717) is 6.04 Å². The summed E-state index contributed by atoms with van der Waals surface area (Å²) in [6.07, 6.45) is 0.819. The summed E-state index contributed by atoms with van der Waals surface area (Å²) in [7, 11) is 0. The first-order valence-corrected chi connectivity index (χ1v) is 6.04. The highest BCUT2D eigenvalue weighted by Gasteiger charge is 2.41. The summed E-state index contributed by atoms with van der Waals surface area (Å²) >= 11 is 0. The Morgan fingerprint density at radius 2 is 1.53 bits per heavy atom. The van der Waals surface area contributed by atoms with Crippen LogP contribution in [0, 0.1) is 10.8 Å². The van der Waals surface area contributed by atoms with Crippen LogP contribution in [0.5, 0.6) is 0 Å². The molecule has 0 bridgehead atoms. The first kappa shape index (κ1) is 13.0. The predicted molar refractivity (Wildman–Crippen MR) is 64.9 cm³/mol. The fourth-order valence-electron chi connectivity index (χ4n) is 3.40. The van der Waals surface area contributed by atoms with Crippen molar-refractivity contribution >= 4 is 0 Å². The van der Waals surface area contributed by atoms with E-state index in [1.807, 2.05) is 0 Å². The number of likely N-dealkylation sites (tertiary alicyclic amines) is 1. The van der Waals surface area contributed by atoms with Crippen molar-refractivity contribution in [2.24, 2.45) is 10.8 Å². The number of rotatable bonds is 1. The van der Waals surface area contributed by atoms with Crippen molar-refractivity contribution in [3.8, 4) is 0 Å². The van der Waals surface area contributed by atoms with Crippen molar-refractivity contribution < 1.29 is 5.11 Å². The highest BCUT2D eigenvalue weighted by Crippen LogP contribution is 2.38. The minimum Gasteiger partial charge on any atom is -0.392 e. The molecule has 1 atom stereocenters. The molecule has 1 aliphatic heterocycles. The summed E-state index contributed by atoms with van der Waals surface area (Å²) < 4.78 is 0. The average molecular weight is 213 g/mol. The molecule has 15 heavy (non-hydrogen) atoms. The summed E-state index contributed by atoms with van der Waals surface area (Å²) in [5.74, 6) is 0. The molecule has 1 N–H and O–H groups in total. The van der Waals surface area contributed by atoms with Gasteiger partial charge in [-0.15, -0.1) is 0 Å². The van der Waals surface area contributed by atoms with E-state index < -0.39 is 0 Å². The molecule has 1 fully saturated rings. The molecule has 1 aliphatic rings. The van der Waals surface area contributed by atoms with Gasteiger partial charge in [0, 0.05) is 19.1 Å². The standard InChI is InChI=1S/C13H27NO/c1-12(2,3)11(13(4,5)6)14-8-7-10(15)9-14/h10-11,15H,7-9H2,1-6H3/t10-/m0/s1. The maximum atomic E-state index is 9.64. The highest BCUT2D eigenvalue weighted by atomic mass is 16.3. The Bertz CT molecular complexity index is 198. The Morgan fingerprint density at radius 3 is 1.80 bits per heavy atom. The predicted octanol–water partition coefficient (Wildman–Crippen LogP) is 2.51. The van der Waals surface area contributed by atoms with Crippen LogP contribution in [-0.4, -0.2) is 35.2 Å². The van der Waals surface area contributed by atoms with Gasteiger partial charge in [0.25, 0.3) is 0 Å². The molecule has 0 radical (unpaired) electrons. The van der Waals surface area contributed by atoms with Crippen molar-refractivity contribution in [3.63, 3.8) is 0 Å². The number of β-amino-alcohol motifs (C(OH)–C–C–N with tert-alkyl or cyclic N) is 1. The number of hydrogen-bond acceptors (Lipinski definition) is 2. The largest absolute Gasteiger partial charge is 0.392 e. The van der Waals surface area contributed by atoms with Gasteiger partial charge in [-0.3, -0.25) is 4.90 Å². The van der Waals surface area contributed by atoms with Crippen LogP contribution < -0.4 is 0 Å². The quantitative estimate of drug-likeness (QED) is 0.723. The van der Waals surface area contributed by atoms with Gasteiger partial charge >= 0.3 is 0 Å². The van der Waals surface area contributed by atoms with Crippen LogP contribution in [0.1, 0.15) is 48.0 Å². The number of hydrogen-bond donors (Lipinski definition) is 1. The van der Waals surface area contributed by atoms with Gasteiger partial charge in [-0.05, 0) is 17.3 Å². The maximum absolute atomic E-state index is 9.64. The number of aliphatic hydroxyl groups is 1. The van der Waals surface area contributed by atoms with Gasteiger partial charge in [0.1, 0.15) is 0 Å². The zero-order chi connectivity index (χ0) is 11.9. The minimum absolute atomic E-state index is 0.114. The van der Waals surface area contributed by atoms with Gasteiger partial charge in [0.15, 0.2) is 0 Å². The summed E-state index contributed by atoms with van der Waals surface area (Å²) in [6, 6.07) is 0.530. The van der Waals surface area contributed by atoms with Gasteiger partial charge in [-0.1, -0.05) is 41.5 Å². The molecule has 0 amide bonds. The molecule has 0 saturated carbocycles. The molecule has 0 aromatic rings. The molecular formula is C13H27NO. The molecule has 2 nitrogen and oxygen atoms in total. The van der Waals surface area contributed by atoms with Crippen molar-refractivity contribution in [1.82, 2.24) is 4.90 Å². The number of aliphatic hydroxyl groups excluding tert-OH is 1. The van der Waals surface area contributed by atoms with E-state index in [0.717, 1.165) is 19.5 Å². The van der Waals surface area contributed by atoms with Crippen LogP contribution in [0.4, 0.5) is 0 Å². The highest BCUT2D eigenvalue weighted by molar-refractivity contribution is 4.94. The van der Waals surface area contributed by atoms with Crippen molar-refractivity contribution in [2.45, 2.75) is 60.1 Å². The van der Waals surface area contributed by atoms with E-state index in [4.69, 9.17) is 0 Å². The third kappa shape index (κ3) is 3.18. The van der Waals surface area contributed by atoms with E-state index in [2.05, 4.69) is 46.4 Å². The zero-order valence-corrected chi connectivity index (χ0v) is 11.2. The van der Waals surface area contributed by atoms with E-state index in [1.54, 1.807) is 0 Å². The Hall–Kier alpha value is -0.0800.